The fraction of sp³-hybridized carbons (Fsp3) is 0.182. The van der Waals surface area contributed by atoms with Crippen molar-refractivity contribution >= 4 is 34.1 Å². The van der Waals surface area contributed by atoms with Gasteiger partial charge in [0.2, 0.25) is 5.91 Å². The smallest absolute Gasteiger partial charge is 0.239 e. The highest BCUT2D eigenvalue weighted by Gasteiger charge is 2.22. The van der Waals surface area contributed by atoms with Crippen molar-refractivity contribution in [1.29, 1.82) is 0 Å². The molecule has 9 heteroatoms. The zero-order valence-corrected chi connectivity index (χ0v) is 18.7. The first-order chi connectivity index (χ1) is 15.1. The fourth-order valence-corrected chi connectivity index (χ4v) is 4.38. The molecule has 0 radical (unpaired) electrons. The summed E-state index contributed by atoms with van der Waals surface area (Å²) in [6.07, 6.45) is 0. The van der Waals surface area contributed by atoms with Gasteiger partial charge >= 0.3 is 0 Å². The Bertz CT molecular complexity index is 1150. The summed E-state index contributed by atoms with van der Waals surface area (Å²) in [7, 11) is 0. The Morgan fingerprint density at radius 1 is 1.13 bits per heavy atom. The molecule has 4 rings (SSSR count). The molecule has 0 bridgehead atoms. The van der Waals surface area contributed by atoms with Gasteiger partial charge in [0, 0.05) is 11.1 Å². The molecule has 0 fully saturated rings. The Morgan fingerprint density at radius 3 is 2.52 bits per heavy atom. The van der Waals surface area contributed by atoms with E-state index in [1.807, 2.05) is 84.5 Å². The number of amides is 1. The van der Waals surface area contributed by atoms with Crippen molar-refractivity contribution in [2.45, 2.75) is 30.9 Å². The molecule has 1 N–H and O–H groups in total. The molecule has 1 atom stereocenters. The van der Waals surface area contributed by atoms with E-state index >= 15 is 0 Å². The number of aromatic nitrogens is 4. The van der Waals surface area contributed by atoms with Crippen LogP contribution in [0.1, 0.15) is 18.4 Å². The van der Waals surface area contributed by atoms with Gasteiger partial charge in [-0.2, -0.15) is 0 Å². The number of nitrogens with one attached hydrogen (secondary N) is 1. The van der Waals surface area contributed by atoms with Gasteiger partial charge in [0.25, 0.3) is 0 Å². The Kier molecular flexibility index (Phi) is 6.63. The number of thioether (sulfide) groups is 1. The lowest BCUT2D eigenvalue weighted by atomic mass is 10.3. The van der Waals surface area contributed by atoms with E-state index in [-0.39, 0.29) is 12.5 Å². The summed E-state index contributed by atoms with van der Waals surface area (Å²) >= 11 is 2.75. The molecular weight excluding hydrogens is 430 g/mol. The molecule has 31 heavy (non-hydrogen) atoms. The summed E-state index contributed by atoms with van der Waals surface area (Å²) in [5.41, 5.74) is 1.79. The second-order valence-electron chi connectivity index (χ2n) is 6.71. The maximum Gasteiger partial charge on any atom is 0.239 e. The van der Waals surface area contributed by atoms with Crippen LogP contribution in [0.15, 0.2) is 71.2 Å². The largest absolute Gasteiger partial charge is 0.486 e. The molecule has 0 aliphatic heterocycles. The van der Waals surface area contributed by atoms with E-state index in [1.165, 1.54) is 23.1 Å². The molecule has 2 aromatic heterocycles. The first-order valence-electron chi connectivity index (χ1n) is 9.67. The van der Waals surface area contributed by atoms with Gasteiger partial charge in [0.05, 0.1) is 10.9 Å². The minimum absolute atomic E-state index is 0.135. The van der Waals surface area contributed by atoms with Gasteiger partial charge in [-0.05, 0) is 38.1 Å². The van der Waals surface area contributed by atoms with E-state index < -0.39 is 5.25 Å². The first kappa shape index (κ1) is 21.1. The molecule has 7 nitrogen and oxygen atoms in total. The zero-order chi connectivity index (χ0) is 21.6. The molecule has 0 saturated carbocycles. The van der Waals surface area contributed by atoms with E-state index in [2.05, 4.69) is 20.5 Å². The van der Waals surface area contributed by atoms with Crippen LogP contribution in [0.25, 0.3) is 5.69 Å². The van der Waals surface area contributed by atoms with E-state index in [0.29, 0.717) is 16.1 Å². The van der Waals surface area contributed by atoms with Crippen LogP contribution in [0.3, 0.4) is 0 Å². The quantitative estimate of drug-likeness (QED) is 0.390. The molecule has 0 spiro atoms. The number of rotatable bonds is 8. The summed E-state index contributed by atoms with van der Waals surface area (Å²) in [4.78, 5) is 16.9. The average Bonchev–Trinajstić information content (AvgIpc) is 3.39. The Morgan fingerprint density at radius 2 is 1.84 bits per heavy atom. The summed E-state index contributed by atoms with van der Waals surface area (Å²) in [5.74, 6) is 1.27. The molecule has 1 unspecified atom stereocenters. The van der Waals surface area contributed by atoms with Crippen molar-refractivity contribution in [3.05, 3.63) is 77.6 Å². The number of hydrogen-bond donors (Lipinski definition) is 1. The van der Waals surface area contributed by atoms with Crippen molar-refractivity contribution in [2.24, 2.45) is 0 Å². The minimum Gasteiger partial charge on any atom is -0.486 e. The third-order valence-electron chi connectivity index (χ3n) is 4.33. The highest BCUT2D eigenvalue weighted by atomic mass is 32.2. The maximum atomic E-state index is 12.6. The number of ether oxygens (including phenoxy) is 1. The predicted octanol–water partition coefficient (Wildman–Crippen LogP) is 4.73. The molecule has 0 aliphatic rings. The van der Waals surface area contributed by atoms with Gasteiger partial charge in [-0.3, -0.25) is 9.36 Å². The van der Waals surface area contributed by atoms with Gasteiger partial charge in [-0.15, -0.1) is 21.5 Å². The predicted molar refractivity (Wildman–Crippen MR) is 123 cm³/mol. The second kappa shape index (κ2) is 9.76. The summed E-state index contributed by atoms with van der Waals surface area (Å²) in [6, 6.07) is 19.4. The lowest BCUT2D eigenvalue weighted by Gasteiger charge is -2.13. The number of para-hydroxylation sites is 2. The van der Waals surface area contributed by atoms with Crippen LogP contribution in [-0.4, -0.2) is 30.9 Å². The Labute approximate surface area is 188 Å². The monoisotopic (exact) mass is 451 g/mol. The van der Waals surface area contributed by atoms with Gasteiger partial charge in [0.1, 0.15) is 12.4 Å². The van der Waals surface area contributed by atoms with Crippen LogP contribution in [0.5, 0.6) is 5.75 Å². The summed E-state index contributed by atoms with van der Waals surface area (Å²) < 4.78 is 7.80. The molecule has 0 aliphatic carbocycles. The highest BCUT2D eigenvalue weighted by Crippen LogP contribution is 2.27. The number of carbonyl (C=O) groups is 1. The molecule has 2 heterocycles. The van der Waals surface area contributed by atoms with Gasteiger partial charge in [-0.25, -0.2) is 4.98 Å². The van der Waals surface area contributed by atoms with Gasteiger partial charge < -0.3 is 10.1 Å². The lowest BCUT2D eigenvalue weighted by molar-refractivity contribution is -0.115. The number of anilines is 1. The van der Waals surface area contributed by atoms with E-state index in [0.717, 1.165) is 17.1 Å². The topological polar surface area (TPSA) is 81.9 Å². The number of aryl methyl sites for hydroxylation is 1. The molecular formula is C22H21N5O2S2. The summed E-state index contributed by atoms with van der Waals surface area (Å²) in [6.45, 7) is 3.99. The molecule has 1 amide bonds. The third-order valence-corrected chi connectivity index (χ3v) is 6.24. The Hall–Kier alpha value is -3.17. The SMILES string of the molecule is Cc1csc(NC(=O)C(C)Sc2nnc(COc3ccccc3)n2-c2ccccc2)n1. The lowest BCUT2D eigenvalue weighted by Crippen LogP contribution is -2.23. The van der Waals surface area contributed by atoms with E-state index in [4.69, 9.17) is 4.74 Å². The highest BCUT2D eigenvalue weighted by molar-refractivity contribution is 8.00. The maximum absolute atomic E-state index is 12.6. The van der Waals surface area contributed by atoms with Crippen LogP contribution in [0.2, 0.25) is 0 Å². The minimum atomic E-state index is -0.390. The van der Waals surface area contributed by atoms with Crippen LogP contribution in [0.4, 0.5) is 5.13 Å². The number of carbonyl (C=O) groups excluding carboxylic acids is 1. The molecule has 158 valence electrons. The van der Waals surface area contributed by atoms with Crippen molar-refractivity contribution in [1.82, 2.24) is 19.7 Å². The van der Waals surface area contributed by atoms with Gasteiger partial charge in [-0.1, -0.05) is 48.2 Å². The van der Waals surface area contributed by atoms with Crippen molar-refractivity contribution in [3.63, 3.8) is 0 Å². The number of benzene rings is 2. The number of hydrogen-bond acceptors (Lipinski definition) is 7. The fourth-order valence-electron chi connectivity index (χ4n) is 2.80. The number of nitrogens with zero attached hydrogens (tertiary/aromatic N) is 4. The Balaban J connectivity index is 1.53. The first-order valence-corrected chi connectivity index (χ1v) is 11.4. The standard InChI is InChI=1S/C22H21N5O2S2/c1-15-14-30-21(23-15)24-20(28)16(2)31-22-26-25-19(13-29-18-11-7-4-8-12-18)27(22)17-9-5-3-6-10-17/h3-12,14,16H,13H2,1-2H3,(H,23,24,28). The average molecular weight is 452 g/mol. The summed E-state index contributed by atoms with van der Waals surface area (Å²) in [5, 5.41) is 14.3. The van der Waals surface area contributed by atoms with Crippen molar-refractivity contribution in [2.75, 3.05) is 5.32 Å². The van der Waals surface area contributed by atoms with E-state index in [9.17, 15) is 4.79 Å². The van der Waals surface area contributed by atoms with Crippen LogP contribution in [-0.2, 0) is 11.4 Å². The van der Waals surface area contributed by atoms with Crippen molar-refractivity contribution in [3.8, 4) is 11.4 Å². The zero-order valence-electron chi connectivity index (χ0n) is 17.1. The van der Waals surface area contributed by atoms with Crippen LogP contribution < -0.4 is 10.1 Å². The normalized spacial score (nSPS) is 11.8. The third kappa shape index (κ3) is 5.31. The van der Waals surface area contributed by atoms with E-state index in [1.54, 1.807) is 0 Å². The molecule has 4 aromatic rings. The molecule has 2 aromatic carbocycles. The van der Waals surface area contributed by atoms with Crippen molar-refractivity contribution < 1.29 is 9.53 Å². The van der Waals surface area contributed by atoms with Crippen LogP contribution in [0, 0.1) is 6.92 Å². The number of thiazole rings is 1. The van der Waals surface area contributed by atoms with Crippen LogP contribution >= 0.6 is 23.1 Å². The van der Waals surface area contributed by atoms with Gasteiger partial charge in [0.15, 0.2) is 16.1 Å². The molecule has 0 saturated heterocycles. The second-order valence-corrected chi connectivity index (χ2v) is 8.88.